The molecule has 0 spiro atoms. The normalized spacial score (nSPS) is 10.7. The van der Waals surface area contributed by atoms with Gasteiger partial charge in [-0.05, 0) is 54.1 Å². The average Bonchev–Trinajstić information content (AvgIpc) is 2.74. The fourth-order valence-corrected chi connectivity index (χ4v) is 2.68. The molecule has 0 saturated carbocycles. The zero-order chi connectivity index (χ0) is 20.6. The highest BCUT2D eigenvalue weighted by Crippen LogP contribution is 2.29. The number of ether oxygens (including phenoxy) is 2. The van der Waals surface area contributed by atoms with Crippen LogP contribution < -0.4 is 14.9 Å². The summed E-state index contributed by atoms with van der Waals surface area (Å²) in [5.74, 6) is 0.229. The molecule has 3 rings (SSSR count). The molecule has 0 radical (unpaired) electrons. The van der Waals surface area contributed by atoms with E-state index in [4.69, 9.17) is 21.1 Å². The summed E-state index contributed by atoms with van der Waals surface area (Å²) in [6.45, 7) is 0.303. The van der Waals surface area contributed by atoms with Crippen LogP contribution in [-0.2, 0) is 6.61 Å². The molecule has 1 N–H and O–H groups in total. The van der Waals surface area contributed by atoms with Crippen LogP contribution in [0.15, 0.2) is 71.8 Å². The van der Waals surface area contributed by atoms with Crippen molar-refractivity contribution < 1.29 is 18.7 Å². The molecule has 0 aromatic heterocycles. The van der Waals surface area contributed by atoms with Crippen LogP contribution in [0, 0.1) is 5.82 Å². The molecule has 0 aliphatic rings. The van der Waals surface area contributed by atoms with Crippen molar-refractivity contribution in [3.63, 3.8) is 0 Å². The predicted octanol–water partition coefficient (Wildman–Crippen LogP) is 4.83. The van der Waals surface area contributed by atoms with E-state index in [1.54, 1.807) is 24.3 Å². The van der Waals surface area contributed by atoms with Crippen molar-refractivity contribution in [2.24, 2.45) is 5.10 Å². The van der Waals surface area contributed by atoms with Crippen LogP contribution >= 0.6 is 11.6 Å². The van der Waals surface area contributed by atoms with E-state index in [1.165, 1.54) is 37.6 Å². The molecular formula is C22H18ClFN2O3. The van der Waals surface area contributed by atoms with Gasteiger partial charge in [0, 0.05) is 16.1 Å². The van der Waals surface area contributed by atoms with Crippen molar-refractivity contribution in [3.8, 4) is 11.5 Å². The second-order valence-corrected chi connectivity index (χ2v) is 6.40. The van der Waals surface area contributed by atoms with Gasteiger partial charge in [-0.3, -0.25) is 4.79 Å². The van der Waals surface area contributed by atoms with E-state index < -0.39 is 11.7 Å². The number of nitrogens with one attached hydrogen (secondary N) is 1. The summed E-state index contributed by atoms with van der Waals surface area (Å²) in [7, 11) is 1.54. The Morgan fingerprint density at radius 2 is 1.86 bits per heavy atom. The molecule has 0 aliphatic heterocycles. The van der Waals surface area contributed by atoms with E-state index >= 15 is 0 Å². The number of amides is 1. The highest BCUT2D eigenvalue weighted by Gasteiger charge is 2.08. The van der Waals surface area contributed by atoms with Crippen molar-refractivity contribution in [3.05, 3.63) is 94.3 Å². The predicted molar refractivity (Wildman–Crippen MR) is 110 cm³/mol. The molecule has 0 heterocycles. The van der Waals surface area contributed by atoms with Gasteiger partial charge >= 0.3 is 0 Å². The Balaban J connectivity index is 1.63. The molecule has 148 valence electrons. The summed E-state index contributed by atoms with van der Waals surface area (Å²) >= 11 is 6.14. The second kappa shape index (κ2) is 9.71. The number of benzene rings is 3. The largest absolute Gasteiger partial charge is 0.493 e. The van der Waals surface area contributed by atoms with Gasteiger partial charge < -0.3 is 9.47 Å². The van der Waals surface area contributed by atoms with Crippen molar-refractivity contribution in [2.45, 2.75) is 6.61 Å². The molecule has 0 unspecified atom stereocenters. The number of halogens is 2. The first-order valence-electron chi connectivity index (χ1n) is 8.70. The summed E-state index contributed by atoms with van der Waals surface area (Å²) in [6, 6.07) is 17.9. The van der Waals surface area contributed by atoms with Gasteiger partial charge in [-0.15, -0.1) is 0 Å². The quantitative estimate of drug-likeness (QED) is 0.446. The van der Waals surface area contributed by atoms with E-state index in [2.05, 4.69) is 10.5 Å². The number of hydrogen-bond donors (Lipinski definition) is 1. The SMILES string of the molecule is COc1cc(/C=N\NC(=O)c2ccc(F)cc2)ccc1OCc1ccccc1Cl. The summed E-state index contributed by atoms with van der Waals surface area (Å²) in [5, 5.41) is 4.55. The lowest BCUT2D eigenvalue weighted by atomic mass is 10.2. The smallest absolute Gasteiger partial charge is 0.271 e. The molecule has 0 fully saturated rings. The van der Waals surface area contributed by atoms with Crippen LogP contribution in [0.1, 0.15) is 21.5 Å². The average molecular weight is 413 g/mol. The van der Waals surface area contributed by atoms with E-state index in [-0.39, 0.29) is 0 Å². The van der Waals surface area contributed by atoms with Crippen LogP contribution in [-0.4, -0.2) is 19.2 Å². The minimum atomic E-state index is -0.437. The highest BCUT2D eigenvalue weighted by molar-refractivity contribution is 6.31. The van der Waals surface area contributed by atoms with E-state index in [9.17, 15) is 9.18 Å². The third-order valence-electron chi connectivity index (χ3n) is 4.01. The minimum Gasteiger partial charge on any atom is -0.493 e. The number of carbonyl (C=O) groups is 1. The van der Waals surface area contributed by atoms with Gasteiger partial charge in [-0.25, -0.2) is 9.82 Å². The zero-order valence-electron chi connectivity index (χ0n) is 15.6. The van der Waals surface area contributed by atoms with Gasteiger partial charge in [0.15, 0.2) is 11.5 Å². The second-order valence-electron chi connectivity index (χ2n) is 6.00. The third-order valence-corrected chi connectivity index (χ3v) is 4.38. The fraction of sp³-hybridized carbons (Fsp3) is 0.0909. The maximum Gasteiger partial charge on any atom is 0.271 e. The van der Waals surface area contributed by atoms with Crippen molar-refractivity contribution in [1.29, 1.82) is 0 Å². The van der Waals surface area contributed by atoms with Crippen LogP contribution in [0.25, 0.3) is 0 Å². The van der Waals surface area contributed by atoms with Gasteiger partial charge in [-0.1, -0.05) is 29.8 Å². The standard InChI is InChI=1S/C22H18ClFN2O3/c1-28-21-12-15(13-25-26-22(27)16-7-9-18(24)10-8-16)6-11-20(21)29-14-17-4-2-3-5-19(17)23/h2-13H,14H2,1H3,(H,26,27)/b25-13-. The molecule has 7 heteroatoms. The van der Waals surface area contributed by atoms with Gasteiger partial charge in [0.2, 0.25) is 0 Å². The first-order chi connectivity index (χ1) is 14.1. The van der Waals surface area contributed by atoms with Crippen molar-refractivity contribution >= 4 is 23.7 Å². The molecule has 1 amide bonds. The van der Waals surface area contributed by atoms with Crippen LogP contribution in [0.3, 0.4) is 0 Å². The lowest BCUT2D eigenvalue weighted by Crippen LogP contribution is -2.17. The Morgan fingerprint density at radius 1 is 1.10 bits per heavy atom. The fourth-order valence-electron chi connectivity index (χ4n) is 2.49. The molecule has 0 atom stereocenters. The van der Waals surface area contributed by atoms with Crippen LogP contribution in [0.2, 0.25) is 5.02 Å². The van der Waals surface area contributed by atoms with Gasteiger partial charge in [0.05, 0.1) is 13.3 Å². The van der Waals surface area contributed by atoms with Crippen LogP contribution in [0.4, 0.5) is 4.39 Å². The monoisotopic (exact) mass is 412 g/mol. The number of rotatable bonds is 7. The molecule has 3 aromatic rings. The van der Waals surface area contributed by atoms with Crippen molar-refractivity contribution in [2.75, 3.05) is 7.11 Å². The Morgan fingerprint density at radius 3 is 2.59 bits per heavy atom. The maximum absolute atomic E-state index is 12.9. The zero-order valence-corrected chi connectivity index (χ0v) is 16.3. The summed E-state index contributed by atoms with van der Waals surface area (Å²) in [4.78, 5) is 12.0. The minimum absolute atomic E-state index is 0.303. The number of hydrogen-bond acceptors (Lipinski definition) is 4. The molecule has 3 aromatic carbocycles. The van der Waals surface area contributed by atoms with E-state index in [0.717, 1.165) is 5.56 Å². The molecule has 0 aliphatic carbocycles. The van der Waals surface area contributed by atoms with E-state index in [0.29, 0.717) is 34.3 Å². The topological polar surface area (TPSA) is 59.9 Å². The number of nitrogens with zero attached hydrogens (tertiary/aromatic N) is 1. The molecule has 5 nitrogen and oxygen atoms in total. The van der Waals surface area contributed by atoms with E-state index in [1.807, 2.05) is 18.2 Å². The Kier molecular flexibility index (Phi) is 6.81. The lowest BCUT2D eigenvalue weighted by Gasteiger charge is -2.12. The van der Waals surface area contributed by atoms with Gasteiger partial charge in [0.1, 0.15) is 12.4 Å². The molecule has 0 bridgehead atoms. The lowest BCUT2D eigenvalue weighted by molar-refractivity contribution is 0.0955. The third kappa shape index (κ3) is 5.56. The first kappa shape index (κ1) is 20.4. The Bertz CT molecular complexity index is 1020. The summed E-state index contributed by atoms with van der Waals surface area (Å²) in [5.41, 5.74) is 4.27. The maximum atomic E-state index is 12.9. The van der Waals surface area contributed by atoms with Crippen LogP contribution in [0.5, 0.6) is 11.5 Å². The first-order valence-corrected chi connectivity index (χ1v) is 9.08. The Hall–Kier alpha value is -3.38. The molecule has 0 saturated heterocycles. The Labute approximate surface area is 172 Å². The molecule has 29 heavy (non-hydrogen) atoms. The van der Waals surface area contributed by atoms with Gasteiger partial charge in [-0.2, -0.15) is 5.10 Å². The number of methoxy groups -OCH3 is 1. The van der Waals surface area contributed by atoms with Gasteiger partial charge in [0.25, 0.3) is 5.91 Å². The number of hydrazone groups is 1. The summed E-state index contributed by atoms with van der Waals surface area (Å²) < 4.78 is 24.1. The number of carbonyl (C=O) groups excluding carboxylic acids is 1. The summed E-state index contributed by atoms with van der Waals surface area (Å²) in [6.07, 6.45) is 1.47. The highest BCUT2D eigenvalue weighted by atomic mass is 35.5. The van der Waals surface area contributed by atoms with Crippen molar-refractivity contribution in [1.82, 2.24) is 5.43 Å². The molecular weight excluding hydrogens is 395 g/mol.